The molecule has 0 saturated carbocycles. The summed E-state index contributed by atoms with van der Waals surface area (Å²) in [6.07, 6.45) is -1.36. The van der Waals surface area contributed by atoms with Gasteiger partial charge in [-0.25, -0.2) is 9.97 Å². The number of aromatic nitrogens is 8. The van der Waals surface area contributed by atoms with Gasteiger partial charge in [-0.1, -0.05) is 61.0 Å². The number of rotatable bonds is 10. The third kappa shape index (κ3) is 7.77. The molecular weight excluding hydrogens is 791 g/mol. The van der Waals surface area contributed by atoms with Crippen molar-refractivity contribution in [2.24, 2.45) is 0 Å². The number of aromatic amines is 1. The summed E-state index contributed by atoms with van der Waals surface area (Å²) in [5.74, 6) is -0.425. The average Bonchev–Trinajstić information content (AvgIpc) is 3.90. The number of aryl methyl sites for hydroxylation is 1. The number of anilines is 2. The molecule has 59 heavy (non-hydrogen) atoms. The number of carbonyl (C=O) groups excluding carboxylic acids is 2. The number of nitrogens with zero attached hydrogens (tertiary/aromatic N) is 9. The van der Waals surface area contributed by atoms with Crippen molar-refractivity contribution in [1.82, 2.24) is 44.2 Å². The van der Waals surface area contributed by atoms with Crippen LogP contribution in [0, 0.1) is 6.92 Å². The minimum absolute atomic E-state index is 0.0247. The number of alkyl halides is 3. The molecule has 4 aromatic heterocycles. The van der Waals surface area contributed by atoms with Gasteiger partial charge in [-0.2, -0.15) is 27.8 Å². The van der Waals surface area contributed by atoms with Gasteiger partial charge < -0.3 is 24.4 Å². The molecular formula is C40H35ClF3N11O4. The van der Waals surface area contributed by atoms with Gasteiger partial charge in [0.15, 0.2) is 17.3 Å². The molecule has 0 radical (unpaired) electrons. The van der Waals surface area contributed by atoms with Crippen molar-refractivity contribution in [2.75, 3.05) is 36.4 Å². The highest BCUT2D eigenvalue weighted by molar-refractivity contribution is 6.33. The molecule has 0 aliphatic carbocycles. The highest BCUT2D eigenvalue weighted by Crippen LogP contribution is 2.34. The predicted octanol–water partition coefficient (Wildman–Crippen LogP) is 5.95. The number of piperazine rings is 1. The predicted molar refractivity (Wildman–Crippen MR) is 212 cm³/mol. The summed E-state index contributed by atoms with van der Waals surface area (Å²) < 4.78 is 48.7. The Bertz CT molecular complexity index is 2780. The van der Waals surface area contributed by atoms with E-state index in [4.69, 9.17) is 21.3 Å². The second-order valence-corrected chi connectivity index (χ2v) is 14.2. The molecule has 1 fully saturated rings. The normalized spacial score (nSPS) is 13.3. The molecule has 1 aliphatic heterocycles. The number of ether oxygens (including phenoxy) is 1. The summed E-state index contributed by atoms with van der Waals surface area (Å²) in [5, 5.41) is 14.7. The lowest BCUT2D eigenvalue weighted by Crippen LogP contribution is -2.51. The number of amides is 2. The van der Waals surface area contributed by atoms with Crippen LogP contribution in [-0.4, -0.2) is 82.2 Å². The van der Waals surface area contributed by atoms with E-state index in [0.717, 1.165) is 39.2 Å². The van der Waals surface area contributed by atoms with E-state index in [1.807, 2.05) is 48.2 Å². The average molecular weight is 826 g/mol. The lowest BCUT2D eigenvalue weighted by atomic mass is 10.1. The van der Waals surface area contributed by atoms with Gasteiger partial charge >= 0.3 is 6.18 Å². The Morgan fingerprint density at radius 1 is 1.00 bits per heavy atom. The van der Waals surface area contributed by atoms with Gasteiger partial charge in [-0.15, -0.1) is 5.10 Å². The number of hydrogen-bond donors (Lipinski definition) is 2. The zero-order chi connectivity index (χ0) is 41.4. The molecule has 1 aliphatic rings. The summed E-state index contributed by atoms with van der Waals surface area (Å²) in [6.45, 7) is 4.33. The highest BCUT2D eigenvalue weighted by Gasteiger charge is 2.33. The molecule has 1 saturated heterocycles. The van der Waals surface area contributed by atoms with Crippen LogP contribution < -0.4 is 20.5 Å². The van der Waals surface area contributed by atoms with Gasteiger partial charge in [0.25, 0.3) is 11.5 Å². The van der Waals surface area contributed by atoms with Crippen LogP contribution >= 0.6 is 11.6 Å². The van der Waals surface area contributed by atoms with Gasteiger partial charge in [-0.05, 0) is 43.2 Å². The topological polar surface area (TPSA) is 169 Å². The maximum atomic E-state index is 14.5. The summed E-state index contributed by atoms with van der Waals surface area (Å²) in [5.41, 5.74) is 2.11. The molecule has 302 valence electrons. The van der Waals surface area contributed by atoms with Crippen LogP contribution in [0.2, 0.25) is 5.02 Å². The summed E-state index contributed by atoms with van der Waals surface area (Å²) >= 11 is 6.17. The first kappa shape index (κ1) is 39.0. The number of hydrogen-bond acceptors (Lipinski definition) is 10. The largest absolute Gasteiger partial charge is 0.485 e. The van der Waals surface area contributed by atoms with Crippen molar-refractivity contribution in [3.63, 3.8) is 0 Å². The Kier molecular flexibility index (Phi) is 10.5. The molecule has 0 atom stereocenters. The van der Waals surface area contributed by atoms with Crippen molar-refractivity contribution in [3.8, 4) is 17.1 Å². The standard InChI is InChI=1S/C40H35ClF3N11O4/c1-3-31-34(52-13-15-53(16-14-52)37(57)33-35(23(2)45-22-46-33)59-21-24-7-5-4-6-8-24)38(58)55-39(49-36(51-55)25-9-10-26-19-47-50-30(26)17-25)54(31)20-32(56)48-29-12-11-27(18-28(29)41)40(42,43)44/h4-12,17-19,22H,3,13-16,20-21H2,1-2H3,(H,47,50)(H,48,56). The lowest BCUT2D eigenvalue weighted by Gasteiger charge is -2.36. The van der Waals surface area contributed by atoms with E-state index in [9.17, 15) is 27.6 Å². The number of benzene rings is 3. The number of halogens is 4. The third-order valence-corrected chi connectivity index (χ3v) is 10.3. The Morgan fingerprint density at radius 2 is 1.78 bits per heavy atom. The van der Waals surface area contributed by atoms with Crippen LogP contribution in [0.5, 0.6) is 5.75 Å². The molecule has 7 aromatic rings. The van der Waals surface area contributed by atoms with E-state index >= 15 is 0 Å². The van der Waals surface area contributed by atoms with E-state index in [1.165, 1.54) is 6.33 Å². The van der Waals surface area contributed by atoms with Gasteiger partial charge in [-0.3, -0.25) is 19.5 Å². The highest BCUT2D eigenvalue weighted by atomic mass is 35.5. The zero-order valence-corrected chi connectivity index (χ0v) is 32.4. The fourth-order valence-electron chi connectivity index (χ4n) is 7.05. The van der Waals surface area contributed by atoms with Crippen molar-refractivity contribution in [2.45, 2.75) is 39.6 Å². The van der Waals surface area contributed by atoms with Crippen LogP contribution in [0.15, 0.2) is 84.0 Å². The van der Waals surface area contributed by atoms with Crippen LogP contribution in [0.3, 0.4) is 0 Å². The lowest BCUT2D eigenvalue weighted by molar-refractivity contribution is -0.137. The molecule has 2 amide bonds. The van der Waals surface area contributed by atoms with Crippen LogP contribution in [0.25, 0.3) is 28.1 Å². The Balaban J connectivity index is 1.11. The molecule has 8 rings (SSSR count). The smallest absolute Gasteiger partial charge is 0.416 e. The summed E-state index contributed by atoms with van der Waals surface area (Å²) in [7, 11) is 0. The first-order valence-corrected chi connectivity index (χ1v) is 18.9. The van der Waals surface area contributed by atoms with E-state index in [1.54, 1.807) is 34.7 Å². The summed E-state index contributed by atoms with van der Waals surface area (Å²) in [4.78, 5) is 58.9. The van der Waals surface area contributed by atoms with Crippen molar-refractivity contribution >= 4 is 51.5 Å². The van der Waals surface area contributed by atoms with Gasteiger partial charge in [0.05, 0.1) is 39.4 Å². The number of H-pyrrole nitrogens is 1. The van der Waals surface area contributed by atoms with Crippen LogP contribution in [-0.2, 0) is 30.5 Å². The van der Waals surface area contributed by atoms with Crippen LogP contribution in [0.1, 0.15) is 39.9 Å². The molecule has 0 bridgehead atoms. The maximum Gasteiger partial charge on any atom is 0.416 e. The SMILES string of the molecule is CCc1c(N2CCN(C(=O)c3ncnc(C)c3OCc3ccccc3)CC2)c(=O)n2nc(-c3ccc4cn[nH]c4c3)nc2n1CC(=O)Nc1ccc(C(F)(F)F)cc1Cl. The molecule has 5 heterocycles. The second-order valence-electron chi connectivity index (χ2n) is 13.8. The Labute approximate surface area is 338 Å². The molecule has 0 unspecified atom stereocenters. The number of fused-ring (bicyclic) bond motifs is 2. The minimum Gasteiger partial charge on any atom is -0.485 e. The van der Waals surface area contributed by atoms with Gasteiger partial charge in [0.1, 0.15) is 25.2 Å². The van der Waals surface area contributed by atoms with Crippen LogP contribution in [0.4, 0.5) is 24.5 Å². The first-order valence-electron chi connectivity index (χ1n) is 18.5. The fraction of sp³-hybridized carbons (Fsp3) is 0.250. The molecule has 0 spiro atoms. The fourth-order valence-corrected chi connectivity index (χ4v) is 7.28. The molecule has 19 heteroatoms. The van der Waals surface area contributed by atoms with Crippen molar-refractivity contribution in [3.05, 3.63) is 123 Å². The molecule has 3 aromatic carbocycles. The van der Waals surface area contributed by atoms with Gasteiger partial charge in [0.2, 0.25) is 11.7 Å². The second kappa shape index (κ2) is 15.8. The Morgan fingerprint density at radius 3 is 2.51 bits per heavy atom. The molecule has 15 nitrogen and oxygen atoms in total. The first-order chi connectivity index (χ1) is 28.4. The minimum atomic E-state index is -4.62. The van der Waals surface area contributed by atoms with E-state index in [-0.39, 0.29) is 84.6 Å². The third-order valence-electron chi connectivity index (χ3n) is 10.0. The van der Waals surface area contributed by atoms with Gasteiger partial charge in [0, 0.05) is 37.1 Å². The number of carbonyl (C=O) groups is 2. The molecule has 2 N–H and O–H groups in total. The van der Waals surface area contributed by atoms with E-state index < -0.39 is 29.8 Å². The maximum absolute atomic E-state index is 14.5. The van der Waals surface area contributed by atoms with Crippen molar-refractivity contribution in [1.29, 1.82) is 0 Å². The zero-order valence-electron chi connectivity index (χ0n) is 31.6. The summed E-state index contributed by atoms with van der Waals surface area (Å²) in [6, 6.07) is 17.6. The number of nitrogens with one attached hydrogen (secondary N) is 2. The van der Waals surface area contributed by atoms with E-state index in [0.29, 0.717) is 17.0 Å². The quantitative estimate of drug-likeness (QED) is 0.168. The van der Waals surface area contributed by atoms with E-state index in [2.05, 4.69) is 30.6 Å². The van der Waals surface area contributed by atoms with Crippen molar-refractivity contribution < 1.29 is 27.5 Å². The monoisotopic (exact) mass is 825 g/mol. The Hall–Kier alpha value is -6.82.